The first-order valence-corrected chi connectivity index (χ1v) is 9.17. The molecule has 0 atom stereocenters. The number of hydrazone groups is 1. The summed E-state index contributed by atoms with van der Waals surface area (Å²) in [6.45, 7) is 0. The number of ether oxygens (including phenoxy) is 1. The number of rotatable bonds is 4. The van der Waals surface area contributed by atoms with Crippen LogP contribution in [0.15, 0.2) is 77.9 Å². The fraction of sp³-hybridized carbons (Fsp3) is 0.0455. The molecule has 138 valence electrons. The molecule has 0 saturated heterocycles. The van der Waals surface area contributed by atoms with E-state index in [9.17, 15) is 0 Å². The molecule has 2 N–H and O–H groups in total. The molecule has 4 aromatic rings. The van der Waals surface area contributed by atoms with E-state index in [0.29, 0.717) is 10.9 Å². The molecule has 0 aliphatic heterocycles. The summed E-state index contributed by atoms with van der Waals surface area (Å²) in [6.07, 6.45) is 1.69. The Kier molecular flexibility index (Phi) is 5.12. The van der Waals surface area contributed by atoms with Gasteiger partial charge in [-0.05, 0) is 35.8 Å². The molecule has 0 fully saturated rings. The average molecular weight is 386 g/mol. The fourth-order valence-corrected chi connectivity index (χ4v) is 3.24. The van der Waals surface area contributed by atoms with E-state index in [2.05, 4.69) is 28.0 Å². The van der Waals surface area contributed by atoms with Crippen molar-refractivity contribution >= 4 is 50.9 Å². The van der Waals surface area contributed by atoms with Crippen LogP contribution in [-0.2, 0) is 0 Å². The Morgan fingerprint density at radius 3 is 2.43 bits per heavy atom. The standard InChI is InChI=1S/C22H18N4OS/c1-27-21-13-7-6-12-19(21)25-22(28)26-23-14-20-17-10-3-2-8-15(17)16-9-4-5-11-18(16)24-20/h2-14H,1H3,(H2,25,26,28)/b23-14+. The molecule has 1 heterocycles. The number of hydrogen-bond donors (Lipinski definition) is 2. The van der Waals surface area contributed by atoms with Gasteiger partial charge in [0.2, 0.25) is 0 Å². The predicted molar refractivity (Wildman–Crippen MR) is 119 cm³/mol. The lowest BCUT2D eigenvalue weighted by Crippen LogP contribution is -2.24. The number of para-hydroxylation sites is 3. The number of thiocarbonyl (C=S) groups is 1. The number of pyridine rings is 1. The van der Waals surface area contributed by atoms with Gasteiger partial charge in [-0.3, -0.25) is 5.43 Å². The van der Waals surface area contributed by atoms with Gasteiger partial charge in [0.15, 0.2) is 5.11 Å². The third-order valence-electron chi connectivity index (χ3n) is 4.35. The van der Waals surface area contributed by atoms with Crippen molar-refractivity contribution in [3.8, 4) is 5.75 Å². The van der Waals surface area contributed by atoms with Gasteiger partial charge in [0, 0.05) is 10.8 Å². The smallest absolute Gasteiger partial charge is 0.191 e. The molecule has 3 aromatic carbocycles. The predicted octanol–water partition coefficient (Wildman–Crippen LogP) is 4.72. The Morgan fingerprint density at radius 1 is 0.929 bits per heavy atom. The highest BCUT2D eigenvalue weighted by Gasteiger charge is 2.06. The molecule has 5 nitrogen and oxygen atoms in total. The van der Waals surface area contributed by atoms with Crippen LogP contribution in [0, 0.1) is 0 Å². The van der Waals surface area contributed by atoms with E-state index >= 15 is 0 Å². The number of aromatic nitrogens is 1. The lowest BCUT2D eigenvalue weighted by atomic mass is 10.0. The first-order valence-electron chi connectivity index (χ1n) is 8.77. The van der Waals surface area contributed by atoms with Crippen LogP contribution < -0.4 is 15.5 Å². The molecular formula is C22H18N4OS. The molecule has 0 saturated carbocycles. The van der Waals surface area contributed by atoms with Crippen LogP contribution in [-0.4, -0.2) is 23.4 Å². The number of nitrogens with zero attached hydrogens (tertiary/aromatic N) is 2. The maximum Gasteiger partial charge on any atom is 0.191 e. The minimum absolute atomic E-state index is 0.367. The summed E-state index contributed by atoms with van der Waals surface area (Å²) in [6, 6.07) is 23.8. The van der Waals surface area contributed by atoms with Gasteiger partial charge in [-0.25, -0.2) is 4.98 Å². The van der Waals surface area contributed by atoms with Gasteiger partial charge in [0.1, 0.15) is 5.75 Å². The molecule has 0 unspecified atom stereocenters. The molecule has 0 bridgehead atoms. The summed E-state index contributed by atoms with van der Waals surface area (Å²) in [7, 11) is 1.62. The molecule has 28 heavy (non-hydrogen) atoms. The molecule has 0 amide bonds. The van der Waals surface area contributed by atoms with Crippen molar-refractivity contribution in [2.24, 2.45) is 5.10 Å². The zero-order valence-corrected chi connectivity index (χ0v) is 16.0. The molecule has 0 radical (unpaired) electrons. The number of anilines is 1. The fourth-order valence-electron chi connectivity index (χ4n) is 3.08. The number of nitrogens with one attached hydrogen (secondary N) is 2. The lowest BCUT2D eigenvalue weighted by molar-refractivity contribution is 0.417. The number of benzene rings is 3. The maximum absolute atomic E-state index is 5.32. The van der Waals surface area contributed by atoms with Gasteiger partial charge in [0.25, 0.3) is 0 Å². The van der Waals surface area contributed by atoms with E-state index in [1.807, 2.05) is 60.7 Å². The number of hydrogen-bond acceptors (Lipinski definition) is 4. The van der Waals surface area contributed by atoms with Crippen LogP contribution in [0.3, 0.4) is 0 Å². The summed E-state index contributed by atoms with van der Waals surface area (Å²) < 4.78 is 5.31. The van der Waals surface area contributed by atoms with Crippen molar-refractivity contribution in [3.05, 3.63) is 78.5 Å². The van der Waals surface area contributed by atoms with Gasteiger partial charge >= 0.3 is 0 Å². The monoisotopic (exact) mass is 386 g/mol. The van der Waals surface area contributed by atoms with E-state index in [-0.39, 0.29) is 0 Å². The summed E-state index contributed by atoms with van der Waals surface area (Å²) in [5, 5.41) is 11.0. The Hall–Kier alpha value is -3.51. The van der Waals surface area contributed by atoms with E-state index in [4.69, 9.17) is 21.9 Å². The molecule has 0 aliphatic rings. The quantitative estimate of drug-likeness (QED) is 0.230. The Labute approximate surface area is 168 Å². The minimum atomic E-state index is 0.367. The van der Waals surface area contributed by atoms with Crippen LogP contribution >= 0.6 is 12.2 Å². The zero-order valence-electron chi connectivity index (χ0n) is 15.2. The Bertz CT molecular complexity index is 1190. The third-order valence-corrected chi connectivity index (χ3v) is 4.54. The first-order chi connectivity index (χ1) is 13.8. The van der Waals surface area contributed by atoms with E-state index in [0.717, 1.165) is 33.1 Å². The lowest BCUT2D eigenvalue weighted by Gasteiger charge is -2.11. The third kappa shape index (κ3) is 3.63. The van der Waals surface area contributed by atoms with Crippen molar-refractivity contribution in [1.29, 1.82) is 0 Å². The number of fused-ring (bicyclic) bond motifs is 3. The normalized spacial score (nSPS) is 11.0. The second-order valence-corrected chi connectivity index (χ2v) is 6.49. The molecule has 6 heteroatoms. The van der Waals surface area contributed by atoms with Crippen molar-refractivity contribution in [1.82, 2.24) is 10.4 Å². The van der Waals surface area contributed by atoms with Crippen LogP contribution in [0.4, 0.5) is 5.69 Å². The van der Waals surface area contributed by atoms with Crippen LogP contribution in [0.1, 0.15) is 5.69 Å². The molecular weight excluding hydrogens is 368 g/mol. The molecule has 4 rings (SSSR count). The van der Waals surface area contributed by atoms with Gasteiger partial charge in [-0.2, -0.15) is 5.10 Å². The van der Waals surface area contributed by atoms with Gasteiger partial charge in [-0.1, -0.05) is 54.6 Å². The van der Waals surface area contributed by atoms with Crippen molar-refractivity contribution in [2.45, 2.75) is 0 Å². The SMILES string of the molecule is COc1ccccc1NC(=S)N/N=C/c1nc2ccccc2c2ccccc12. The molecule has 1 aromatic heterocycles. The highest BCUT2D eigenvalue weighted by atomic mass is 32.1. The Balaban J connectivity index is 1.57. The van der Waals surface area contributed by atoms with Crippen molar-refractivity contribution < 1.29 is 4.74 Å². The highest BCUT2D eigenvalue weighted by molar-refractivity contribution is 7.80. The van der Waals surface area contributed by atoms with Crippen LogP contribution in [0.2, 0.25) is 0 Å². The second kappa shape index (κ2) is 8.02. The summed E-state index contributed by atoms with van der Waals surface area (Å²) in [5.74, 6) is 0.706. The average Bonchev–Trinajstić information content (AvgIpc) is 2.74. The zero-order chi connectivity index (χ0) is 19.3. The second-order valence-electron chi connectivity index (χ2n) is 6.08. The van der Waals surface area contributed by atoms with E-state index in [1.54, 1.807) is 13.3 Å². The number of methoxy groups -OCH3 is 1. The van der Waals surface area contributed by atoms with Gasteiger partial charge < -0.3 is 10.1 Å². The summed E-state index contributed by atoms with van der Waals surface area (Å²) in [5.41, 5.74) is 5.32. The first kappa shape index (κ1) is 17.9. The topological polar surface area (TPSA) is 58.5 Å². The van der Waals surface area contributed by atoms with Gasteiger partial charge in [-0.15, -0.1) is 0 Å². The van der Waals surface area contributed by atoms with Crippen LogP contribution in [0.5, 0.6) is 5.75 Å². The highest BCUT2D eigenvalue weighted by Crippen LogP contribution is 2.25. The van der Waals surface area contributed by atoms with Gasteiger partial charge in [0.05, 0.1) is 30.2 Å². The minimum Gasteiger partial charge on any atom is -0.495 e. The maximum atomic E-state index is 5.32. The van der Waals surface area contributed by atoms with Crippen molar-refractivity contribution in [2.75, 3.05) is 12.4 Å². The largest absolute Gasteiger partial charge is 0.495 e. The molecule has 0 spiro atoms. The summed E-state index contributed by atoms with van der Waals surface area (Å²) in [4.78, 5) is 4.74. The Morgan fingerprint density at radius 2 is 1.61 bits per heavy atom. The van der Waals surface area contributed by atoms with Crippen molar-refractivity contribution in [3.63, 3.8) is 0 Å². The van der Waals surface area contributed by atoms with Crippen LogP contribution in [0.25, 0.3) is 21.7 Å². The van der Waals surface area contributed by atoms with E-state index in [1.165, 1.54) is 0 Å². The molecule has 0 aliphatic carbocycles. The van der Waals surface area contributed by atoms with E-state index < -0.39 is 0 Å². The summed E-state index contributed by atoms with van der Waals surface area (Å²) >= 11 is 5.32.